The molecule has 0 saturated carbocycles. The summed E-state index contributed by atoms with van der Waals surface area (Å²) in [7, 11) is 0. The van der Waals surface area contributed by atoms with Gasteiger partial charge in [0.05, 0.1) is 6.10 Å². The van der Waals surface area contributed by atoms with Crippen LogP contribution in [0.2, 0.25) is 0 Å². The molecule has 82 valence electrons. The molecule has 0 aliphatic carbocycles. The van der Waals surface area contributed by atoms with Crippen molar-refractivity contribution >= 4 is 0 Å². The van der Waals surface area contributed by atoms with Gasteiger partial charge >= 0.3 is 0 Å². The minimum atomic E-state index is 0.439. The monoisotopic (exact) mass is 205 g/mol. The van der Waals surface area contributed by atoms with E-state index in [9.17, 15) is 0 Å². The molecule has 15 heavy (non-hydrogen) atoms. The molecule has 2 heteroatoms. The van der Waals surface area contributed by atoms with E-state index in [2.05, 4.69) is 36.5 Å². The van der Waals surface area contributed by atoms with Gasteiger partial charge in [0, 0.05) is 19.7 Å². The van der Waals surface area contributed by atoms with Gasteiger partial charge in [-0.1, -0.05) is 24.3 Å². The molecule has 1 fully saturated rings. The summed E-state index contributed by atoms with van der Waals surface area (Å²) in [6.07, 6.45) is 2.87. The van der Waals surface area contributed by atoms with Crippen LogP contribution in [0.3, 0.4) is 0 Å². The Balaban J connectivity index is 1.75. The number of hydrogen-bond donors (Lipinski definition) is 1. The smallest absolute Gasteiger partial charge is 0.0700 e. The first-order valence-electron chi connectivity index (χ1n) is 5.73. The molecule has 1 aliphatic heterocycles. The van der Waals surface area contributed by atoms with Crippen LogP contribution in [0.25, 0.3) is 0 Å². The number of hydrogen-bond acceptors (Lipinski definition) is 2. The molecule has 2 nitrogen and oxygen atoms in total. The highest BCUT2D eigenvalue weighted by Gasteiger charge is 2.14. The maximum Gasteiger partial charge on any atom is 0.0700 e. The first kappa shape index (κ1) is 10.7. The molecule has 0 amide bonds. The van der Waals surface area contributed by atoms with Gasteiger partial charge < -0.3 is 10.1 Å². The van der Waals surface area contributed by atoms with E-state index in [1.54, 1.807) is 0 Å². The number of benzene rings is 1. The Hall–Kier alpha value is -0.860. The zero-order valence-electron chi connectivity index (χ0n) is 9.33. The number of nitrogens with one attached hydrogen (secondary N) is 1. The van der Waals surface area contributed by atoms with Crippen LogP contribution in [0.15, 0.2) is 24.3 Å². The van der Waals surface area contributed by atoms with Crippen LogP contribution in [-0.2, 0) is 11.3 Å². The van der Waals surface area contributed by atoms with E-state index in [0.29, 0.717) is 6.10 Å². The average molecular weight is 205 g/mol. The van der Waals surface area contributed by atoms with Crippen molar-refractivity contribution in [2.75, 3.05) is 13.2 Å². The van der Waals surface area contributed by atoms with Crippen molar-refractivity contribution in [3.05, 3.63) is 35.4 Å². The second-order valence-electron chi connectivity index (χ2n) is 4.19. The molecule has 1 N–H and O–H groups in total. The summed E-state index contributed by atoms with van der Waals surface area (Å²) in [5.74, 6) is 0. The Kier molecular flexibility index (Phi) is 3.75. The molecule has 0 bridgehead atoms. The molecule has 1 aromatic rings. The van der Waals surface area contributed by atoms with Crippen LogP contribution in [0.4, 0.5) is 0 Å². The third-order valence-corrected chi connectivity index (χ3v) is 2.97. The van der Waals surface area contributed by atoms with Crippen molar-refractivity contribution < 1.29 is 4.74 Å². The van der Waals surface area contributed by atoms with Crippen molar-refractivity contribution in [2.45, 2.75) is 32.4 Å². The minimum Gasteiger partial charge on any atom is -0.377 e. The van der Waals surface area contributed by atoms with Gasteiger partial charge in [-0.15, -0.1) is 0 Å². The first-order valence-corrected chi connectivity index (χ1v) is 5.73. The van der Waals surface area contributed by atoms with Gasteiger partial charge in [-0.05, 0) is 30.9 Å². The van der Waals surface area contributed by atoms with Crippen LogP contribution in [0, 0.1) is 6.92 Å². The van der Waals surface area contributed by atoms with Gasteiger partial charge in [-0.3, -0.25) is 0 Å². The molecule has 0 spiro atoms. The zero-order chi connectivity index (χ0) is 10.5. The van der Waals surface area contributed by atoms with Crippen LogP contribution in [0.1, 0.15) is 24.0 Å². The van der Waals surface area contributed by atoms with Crippen molar-refractivity contribution in [1.82, 2.24) is 5.32 Å². The van der Waals surface area contributed by atoms with Crippen LogP contribution in [0.5, 0.6) is 0 Å². The molecule has 1 saturated heterocycles. The molecule has 1 atom stereocenters. The van der Waals surface area contributed by atoms with Gasteiger partial charge in [0.2, 0.25) is 0 Å². The molecule has 1 aliphatic rings. The molecular weight excluding hydrogens is 186 g/mol. The predicted octanol–water partition coefficient (Wildman–Crippen LogP) is 2.26. The van der Waals surface area contributed by atoms with Crippen molar-refractivity contribution in [2.24, 2.45) is 0 Å². The summed E-state index contributed by atoms with van der Waals surface area (Å²) in [6, 6.07) is 8.51. The Morgan fingerprint density at radius 1 is 1.40 bits per heavy atom. The Bertz CT molecular complexity index is 305. The Labute approximate surface area is 91.6 Å². The van der Waals surface area contributed by atoms with Gasteiger partial charge in [0.15, 0.2) is 0 Å². The summed E-state index contributed by atoms with van der Waals surface area (Å²) in [6.45, 7) is 5.03. The maximum atomic E-state index is 5.56. The zero-order valence-corrected chi connectivity index (χ0v) is 9.33. The molecule has 2 rings (SSSR count). The summed E-state index contributed by atoms with van der Waals surface area (Å²) >= 11 is 0. The molecule has 0 aromatic heterocycles. The third kappa shape index (κ3) is 3.05. The summed E-state index contributed by atoms with van der Waals surface area (Å²) < 4.78 is 5.56. The molecule has 0 radical (unpaired) electrons. The van der Waals surface area contributed by atoms with E-state index < -0.39 is 0 Å². The van der Waals surface area contributed by atoms with Crippen LogP contribution in [-0.4, -0.2) is 19.3 Å². The molecular formula is C13H19NO. The fourth-order valence-corrected chi connectivity index (χ4v) is 1.98. The van der Waals surface area contributed by atoms with E-state index >= 15 is 0 Å². The van der Waals surface area contributed by atoms with E-state index in [4.69, 9.17) is 4.74 Å². The number of ether oxygens (including phenoxy) is 1. The maximum absolute atomic E-state index is 5.56. The first-order chi connectivity index (χ1) is 7.36. The highest BCUT2D eigenvalue weighted by atomic mass is 16.5. The molecule has 1 heterocycles. The quantitative estimate of drug-likeness (QED) is 0.814. The highest BCUT2D eigenvalue weighted by molar-refractivity contribution is 5.25. The van der Waals surface area contributed by atoms with Crippen LogP contribution >= 0.6 is 0 Å². The minimum absolute atomic E-state index is 0.439. The standard InChI is InChI=1S/C13H19NO/c1-11-5-2-3-6-12(11)9-14-10-13-7-4-8-15-13/h2-3,5-6,13-14H,4,7-10H2,1H3/t13-/m0/s1. The normalized spacial score (nSPS) is 20.7. The lowest BCUT2D eigenvalue weighted by molar-refractivity contribution is 0.110. The van der Waals surface area contributed by atoms with E-state index in [1.165, 1.54) is 24.0 Å². The second kappa shape index (κ2) is 5.29. The van der Waals surface area contributed by atoms with Gasteiger partial charge in [0.25, 0.3) is 0 Å². The summed E-state index contributed by atoms with van der Waals surface area (Å²) in [5.41, 5.74) is 2.74. The third-order valence-electron chi connectivity index (χ3n) is 2.97. The second-order valence-corrected chi connectivity index (χ2v) is 4.19. The largest absolute Gasteiger partial charge is 0.377 e. The van der Waals surface area contributed by atoms with Crippen molar-refractivity contribution in [1.29, 1.82) is 0 Å². The van der Waals surface area contributed by atoms with E-state index in [0.717, 1.165) is 19.7 Å². The van der Waals surface area contributed by atoms with Gasteiger partial charge in [0.1, 0.15) is 0 Å². The van der Waals surface area contributed by atoms with Gasteiger partial charge in [-0.25, -0.2) is 0 Å². The van der Waals surface area contributed by atoms with Crippen LogP contribution < -0.4 is 5.32 Å². The van der Waals surface area contributed by atoms with Gasteiger partial charge in [-0.2, -0.15) is 0 Å². The van der Waals surface area contributed by atoms with E-state index in [1.807, 2.05) is 0 Å². The van der Waals surface area contributed by atoms with Crippen molar-refractivity contribution in [3.8, 4) is 0 Å². The lowest BCUT2D eigenvalue weighted by atomic mass is 10.1. The predicted molar refractivity (Wildman–Crippen MR) is 61.9 cm³/mol. The fraction of sp³-hybridized carbons (Fsp3) is 0.538. The molecule has 1 aromatic carbocycles. The highest BCUT2D eigenvalue weighted by Crippen LogP contribution is 2.11. The number of rotatable bonds is 4. The van der Waals surface area contributed by atoms with E-state index in [-0.39, 0.29) is 0 Å². The average Bonchev–Trinajstić information content (AvgIpc) is 2.74. The Morgan fingerprint density at radius 3 is 3.00 bits per heavy atom. The lowest BCUT2D eigenvalue weighted by Gasteiger charge is -2.11. The SMILES string of the molecule is Cc1ccccc1CNC[C@@H]1CCCO1. The summed E-state index contributed by atoms with van der Waals surface area (Å²) in [4.78, 5) is 0. The van der Waals surface area contributed by atoms with Crippen molar-refractivity contribution in [3.63, 3.8) is 0 Å². The lowest BCUT2D eigenvalue weighted by Crippen LogP contribution is -2.26. The number of aryl methyl sites for hydroxylation is 1. The fourth-order valence-electron chi connectivity index (χ4n) is 1.98. The molecule has 0 unspecified atom stereocenters. The topological polar surface area (TPSA) is 21.3 Å². The Morgan fingerprint density at radius 2 is 2.27 bits per heavy atom. The summed E-state index contributed by atoms with van der Waals surface area (Å²) in [5, 5.41) is 3.46.